The molecule has 0 amide bonds. The molecule has 0 fully saturated rings. The number of amidine groups is 1. The molecule has 0 aromatic heterocycles. The van der Waals surface area contributed by atoms with Crippen molar-refractivity contribution in [3.63, 3.8) is 0 Å². The minimum absolute atomic E-state index is 0.239. The predicted octanol–water partition coefficient (Wildman–Crippen LogP) is -1.54. The third-order valence-corrected chi connectivity index (χ3v) is 0.518. The van der Waals surface area contributed by atoms with Crippen molar-refractivity contribution in [3.05, 3.63) is 0 Å². The summed E-state index contributed by atoms with van der Waals surface area (Å²) in [5.41, 5.74) is 4.82. The fourth-order valence-corrected chi connectivity index (χ4v) is 0.204. The fraction of sp³-hybridized carbons (Fsp3) is 0.500. The van der Waals surface area contributed by atoms with Crippen LogP contribution < -0.4 is 5.73 Å². The Bertz CT molecular complexity index is 123. The topological polar surface area (TPSA) is 96.4 Å². The van der Waals surface area contributed by atoms with Gasteiger partial charge in [-0.1, -0.05) is 0 Å². The van der Waals surface area contributed by atoms with Crippen molar-refractivity contribution in [2.75, 3.05) is 13.2 Å². The van der Waals surface area contributed by atoms with Crippen molar-refractivity contribution in [1.29, 1.82) is 5.41 Å². The van der Waals surface area contributed by atoms with Crippen LogP contribution >= 0.6 is 0 Å². The van der Waals surface area contributed by atoms with E-state index in [1.54, 1.807) is 0 Å². The van der Waals surface area contributed by atoms with Crippen molar-refractivity contribution < 1.29 is 14.6 Å². The largest absolute Gasteiger partial charge is 0.456 e. The van der Waals surface area contributed by atoms with Crippen LogP contribution in [0.3, 0.4) is 0 Å². The molecule has 0 aliphatic rings. The van der Waals surface area contributed by atoms with Crippen LogP contribution in [-0.4, -0.2) is 30.1 Å². The first-order valence-corrected chi connectivity index (χ1v) is 2.26. The number of carbonyl (C=O) groups is 1. The maximum Gasteiger partial charge on any atom is 0.332 e. The highest BCUT2D eigenvalue weighted by Crippen LogP contribution is 1.73. The maximum absolute atomic E-state index is 10.1. The lowest BCUT2D eigenvalue weighted by molar-refractivity contribution is -0.145. The number of nitrogens with two attached hydrogens (primary N) is 1. The third kappa shape index (κ3) is 4.76. The predicted molar refractivity (Wildman–Crippen MR) is 30.0 cm³/mol. The van der Waals surface area contributed by atoms with E-state index in [2.05, 4.69) is 4.74 Å². The smallest absolute Gasteiger partial charge is 0.332 e. The van der Waals surface area contributed by atoms with Crippen molar-refractivity contribution in [1.82, 2.24) is 0 Å². The molecule has 4 N–H and O–H groups in total. The second-order valence-electron chi connectivity index (χ2n) is 1.34. The molecular weight excluding hydrogens is 124 g/mol. The lowest BCUT2D eigenvalue weighted by Gasteiger charge is -1.98. The Morgan fingerprint density at radius 3 is 2.67 bits per heavy atom. The van der Waals surface area contributed by atoms with Gasteiger partial charge in [0.1, 0.15) is 19.0 Å². The first-order valence-electron chi connectivity index (χ1n) is 2.26. The van der Waals surface area contributed by atoms with Gasteiger partial charge in [0.15, 0.2) is 0 Å². The number of hydrogen-bond donors (Lipinski definition) is 3. The molecule has 0 atom stereocenters. The summed E-state index contributed by atoms with van der Waals surface area (Å²) in [6, 6.07) is 0. The monoisotopic (exact) mass is 132 g/mol. The number of rotatable bonds is 3. The molecule has 0 aliphatic carbocycles. The molecule has 5 nitrogen and oxygen atoms in total. The van der Waals surface area contributed by atoms with Crippen LogP contribution in [0.15, 0.2) is 0 Å². The lowest BCUT2D eigenvalue weighted by Crippen LogP contribution is -2.21. The normalized spacial score (nSPS) is 8.56. The molecule has 0 spiro atoms. The Kier molecular flexibility index (Phi) is 3.38. The molecule has 0 bridgehead atoms. The molecule has 0 unspecified atom stereocenters. The summed E-state index contributed by atoms with van der Waals surface area (Å²) in [5, 5.41) is 14.6. The Labute approximate surface area is 51.9 Å². The molecule has 0 heterocycles. The molecule has 52 valence electrons. The van der Waals surface area contributed by atoms with Crippen molar-refractivity contribution in [2.24, 2.45) is 5.73 Å². The van der Waals surface area contributed by atoms with Crippen LogP contribution in [0.25, 0.3) is 0 Å². The van der Waals surface area contributed by atoms with Crippen LogP contribution in [0.5, 0.6) is 0 Å². The van der Waals surface area contributed by atoms with Gasteiger partial charge in [-0.3, -0.25) is 5.41 Å². The van der Waals surface area contributed by atoms with Crippen molar-refractivity contribution >= 4 is 11.8 Å². The summed E-state index contributed by atoms with van der Waals surface area (Å²) in [6.07, 6.45) is 0. The summed E-state index contributed by atoms with van der Waals surface area (Å²) in [5.74, 6) is -1.01. The average molecular weight is 132 g/mol. The Balaban J connectivity index is 3.28. The van der Waals surface area contributed by atoms with Gasteiger partial charge in [0.25, 0.3) is 0 Å². The van der Waals surface area contributed by atoms with Gasteiger partial charge in [0.2, 0.25) is 0 Å². The van der Waals surface area contributed by atoms with Gasteiger partial charge in [-0.2, -0.15) is 0 Å². The molecular formula is C4H8N2O3. The fourth-order valence-electron chi connectivity index (χ4n) is 0.204. The second-order valence-corrected chi connectivity index (χ2v) is 1.34. The van der Waals surface area contributed by atoms with Gasteiger partial charge >= 0.3 is 5.97 Å². The van der Waals surface area contributed by atoms with E-state index in [9.17, 15) is 4.79 Å². The van der Waals surface area contributed by atoms with Gasteiger partial charge < -0.3 is 15.6 Å². The van der Waals surface area contributed by atoms with Gasteiger partial charge in [0, 0.05) is 0 Å². The molecule has 0 rings (SSSR count). The van der Waals surface area contributed by atoms with E-state index in [1.165, 1.54) is 0 Å². The number of nitrogens with one attached hydrogen (secondary N) is 1. The van der Waals surface area contributed by atoms with Crippen LogP contribution in [0.4, 0.5) is 0 Å². The number of aliphatic hydroxyl groups is 1. The van der Waals surface area contributed by atoms with Crippen LogP contribution in [0, 0.1) is 5.41 Å². The molecule has 0 aromatic carbocycles. The molecule has 0 radical (unpaired) electrons. The highest BCUT2D eigenvalue weighted by atomic mass is 16.5. The van der Waals surface area contributed by atoms with Crippen LogP contribution in [0.1, 0.15) is 0 Å². The lowest BCUT2D eigenvalue weighted by atomic mass is 10.6. The summed E-state index contributed by atoms with van der Waals surface area (Å²) < 4.78 is 4.21. The molecule has 0 aromatic rings. The Morgan fingerprint density at radius 2 is 2.33 bits per heavy atom. The first kappa shape index (κ1) is 7.90. The van der Waals surface area contributed by atoms with Crippen LogP contribution in [-0.2, 0) is 9.53 Å². The number of hydrogen-bond acceptors (Lipinski definition) is 4. The molecule has 9 heavy (non-hydrogen) atoms. The third-order valence-electron chi connectivity index (χ3n) is 0.518. The van der Waals surface area contributed by atoms with Crippen LogP contribution in [0.2, 0.25) is 0 Å². The van der Waals surface area contributed by atoms with E-state index < -0.39 is 12.6 Å². The first-order chi connectivity index (χ1) is 4.16. The van der Waals surface area contributed by atoms with Gasteiger partial charge in [-0.05, 0) is 0 Å². The number of ether oxygens (including phenoxy) is 1. The van der Waals surface area contributed by atoms with Gasteiger partial charge in [-0.15, -0.1) is 0 Å². The number of carbonyl (C=O) groups excluding carboxylic acids is 1. The minimum atomic E-state index is -0.773. The quantitative estimate of drug-likeness (QED) is 0.246. The molecule has 0 aliphatic heterocycles. The highest BCUT2D eigenvalue weighted by molar-refractivity contribution is 5.81. The zero-order chi connectivity index (χ0) is 7.28. The summed E-state index contributed by atoms with van der Waals surface area (Å²) in [6.45, 7) is -0.924. The number of aliphatic hydroxyl groups excluding tert-OH is 1. The number of esters is 1. The Morgan fingerprint density at radius 1 is 1.78 bits per heavy atom. The SMILES string of the molecule is N=C(N)COC(=O)CO. The standard InChI is InChI=1S/C4H8N2O3/c5-3(6)2-9-4(8)1-7/h7H,1-2H2,(H3,5,6). The zero-order valence-corrected chi connectivity index (χ0v) is 4.76. The average Bonchev–Trinajstić information content (AvgIpc) is 1.83. The Hall–Kier alpha value is -1.10. The molecule has 0 saturated heterocycles. The summed E-state index contributed by atoms with van der Waals surface area (Å²) >= 11 is 0. The zero-order valence-electron chi connectivity index (χ0n) is 4.76. The van der Waals surface area contributed by atoms with Gasteiger partial charge in [-0.25, -0.2) is 4.79 Å². The summed E-state index contributed by atoms with van der Waals surface area (Å²) in [4.78, 5) is 10.1. The highest BCUT2D eigenvalue weighted by Gasteiger charge is 1.98. The maximum atomic E-state index is 10.1. The van der Waals surface area contributed by atoms with Crippen molar-refractivity contribution in [3.8, 4) is 0 Å². The van der Waals surface area contributed by atoms with E-state index in [-0.39, 0.29) is 12.4 Å². The molecule has 0 saturated carbocycles. The second kappa shape index (κ2) is 3.85. The van der Waals surface area contributed by atoms with E-state index in [0.717, 1.165) is 0 Å². The van der Waals surface area contributed by atoms with E-state index in [1.807, 2.05) is 0 Å². The van der Waals surface area contributed by atoms with Crippen molar-refractivity contribution in [2.45, 2.75) is 0 Å². The van der Waals surface area contributed by atoms with E-state index in [4.69, 9.17) is 16.2 Å². The van der Waals surface area contributed by atoms with Gasteiger partial charge in [0.05, 0.1) is 0 Å². The van der Waals surface area contributed by atoms with E-state index in [0.29, 0.717) is 0 Å². The molecule has 5 heteroatoms. The van der Waals surface area contributed by atoms with E-state index >= 15 is 0 Å². The minimum Gasteiger partial charge on any atom is -0.456 e. The summed E-state index contributed by atoms with van der Waals surface area (Å²) in [7, 11) is 0.